The van der Waals surface area contributed by atoms with Crippen molar-refractivity contribution >= 4 is 18.3 Å². The average molecular weight is 151 g/mol. The molecule has 3 nitrogen and oxygen atoms in total. The highest BCUT2D eigenvalue weighted by atomic mass is 35.5. The molecule has 0 aliphatic heterocycles. The fraction of sp³-hybridized carbons (Fsp3) is 0.400. The second-order valence-electron chi connectivity index (χ2n) is 1.53. The van der Waals surface area contributed by atoms with E-state index in [1.165, 1.54) is 0 Å². The Balaban J connectivity index is 0. The molecular weight excluding hydrogens is 140 g/mol. The van der Waals surface area contributed by atoms with Gasteiger partial charge in [0.25, 0.3) is 0 Å². The first kappa shape index (κ1) is 11.3. The van der Waals surface area contributed by atoms with Crippen LogP contribution in [0.1, 0.15) is 6.42 Å². The van der Waals surface area contributed by atoms with Crippen LogP contribution in [0.2, 0.25) is 0 Å². The number of hydrogen-bond acceptors (Lipinski definition) is 2. The van der Waals surface area contributed by atoms with Crippen molar-refractivity contribution < 1.29 is 4.79 Å². The first-order valence-corrected chi connectivity index (χ1v) is 2.34. The molecule has 0 saturated carbocycles. The van der Waals surface area contributed by atoms with E-state index in [1.807, 2.05) is 0 Å². The van der Waals surface area contributed by atoms with Crippen molar-refractivity contribution in [3.8, 4) is 0 Å². The summed E-state index contributed by atoms with van der Waals surface area (Å²) < 4.78 is 0. The number of amides is 1. The van der Waals surface area contributed by atoms with E-state index in [2.05, 4.69) is 6.58 Å². The molecule has 0 aromatic carbocycles. The number of primary amides is 1. The predicted octanol–water partition coefficient (Wildman–Crippen LogP) is -0.203. The van der Waals surface area contributed by atoms with Gasteiger partial charge in [0, 0.05) is 0 Å². The molecular formula is C5H11ClN2O. The van der Waals surface area contributed by atoms with Gasteiger partial charge in [-0.15, -0.1) is 19.0 Å². The first-order chi connectivity index (χ1) is 3.68. The zero-order valence-electron chi connectivity index (χ0n) is 5.04. The maximum Gasteiger partial charge on any atom is 0.234 e. The summed E-state index contributed by atoms with van der Waals surface area (Å²) in [6, 6.07) is -0.563. The summed E-state index contributed by atoms with van der Waals surface area (Å²) in [5.41, 5.74) is 9.99. The normalized spacial score (nSPS) is 11.2. The van der Waals surface area contributed by atoms with E-state index < -0.39 is 11.9 Å². The van der Waals surface area contributed by atoms with Crippen LogP contribution in [0.25, 0.3) is 0 Å². The Hall–Kier alpha value is -0.540. The minimum absolute atomic E-state index is 0. The van der Waals surface area contributed by atoms with E-state index >= 15 is 0 Å². The molecule has 0 rings (SSSR count). The second kappa shape index (κ2) is 5.59. The number of rotatable bonds is 3. The van der Waals surface area contributed by atoms with E-state index in [9.17, 15) is 4.79 Å². The molecule has 0 saturated heterocycles. The van der Waals surface area contributed by atoms with Gasteiger partial charge in [0.05, 0.1) is 6.04 Å². The summed E-state index contributed by atoms with van der Waals surface area (Å²) in [5, 5.41) is 0. The lowest BCUT2D eigenvalue weighted by Gasteiger charge is -1.99. The molecule has 0 aliphatic carbocycles. The number of carbonyl (C=O) groups excluding carboxylic acids is 1. The number of nitrogens with two attached hydrogens (primary N) is 2. The zero-order valence-corrected chi connectivity index (χ0v) is 5.86. The van der Waals surface area contributed by atoms with Crippen molar-refractivity contribution in [2.45, 2.75) is 12.5 Å². The van der Waals surface area contributed by atoms with Gasteiger partial charge in [0.2, 0.25) is 5.91 Å². The van der Waals surface area contributed by atoms with Crippen molar-refractivity contribution in [2.75, 3.05) is 0 Å². The van der Waals surface area contributed by atoms with E-state index in [0.29, 0.717) is 6.42 Å². The Morgan fingerprint density at radius 1 is 1.78 bits per heavy atom. The molecule has 0 aromatic rings. The number of hydrogen-bond donors (Lipinski definition) is 2. The molecule has 4 N–H and O–H groups in total. The van der Waals surface area contributed by atoms with Gasteiger partial charge in [-0.05, 0) is 6.42 Å². The van der Waals surface area contributed by atoms with Gasteiger partial charge in [-0.1, -0.05) is 6.08 Å². The summed E-state index contributed by atoms with van der Waals surface area (Å²) >= 11 is 0. The third-order valence-corrected chi connectivity index (χ3v) is 0.786. The van der Waals surface area contributed by atoms with Crippen LogP contribution in [0.3, 0.4) is 0 Å². The van der Waals surface area contributed by atoms with Crippen LogP contribution >= 0.6 is 12.4 Å². The van der Waals surface area contributed by atoms with Crippen molar-refractivity contribution in [3.63, 3.8) is 0 Å². The van der Waals surface area contributed by atoms with E-state index in [0.717, 1.165) is 0 Å². The largest absolute Gasteiger partial charge is 0.368 e. The fourth-order valence-corrected chi connectivity index (χ4v) is 0.296. The maximum absolute atomic E-state index is 10.1. The summed E-state index contributed by atoms with van der Waals surface area (Å²) in [5.74, 6) is -0.482. The number of halogens is 1. The van der Waals surface area contributed by atoms with Gasteiger partial charge < -0.3 is 11.5 Å². The van der Waals surface area contributed by atoms with Crippen LogP contribution in [0, 0.1) is 0 Å². The third kappa shape index (κ3) is 5.33. The van der Waals surface area contributed by atoms with Gasteiger partial charge in [-0.2, -0.15) is 0 Å². The standard InChI is InChI=1S/C5H10N2O.ClH/c1-2-3-4(6)5(7)8;/h2,4H,1,3,6H2,(H2,7,8);1H. The molecule has 0 heterocycles. The van der Waals surface area contributed by atoms with Crippen LogP contribution < -0.4 is 11.5 Å². The van der Waals surface area contributed by atoms with Gasteiger partial charge in [0.15, 0.2) is 0 Å². The molecule has 0 radical (unpaired) electrons. The van der Waals surface area contributed by atoms with E-state index in [4.69, 9.17) is 11.5 Å². The van der Waals surface area contributed by atoms with Crippen LogP contribution in [0.15, 0.2) is 12.7 Å². The molecule has 1 unspecified atom stereocenters. The summed E-state index contributed by atoms with van der Waals surface area (Å²) in [7, 11) is 0. The molecule has 0 aliphatic rings. The minimum Gasteiger partial charge on any atom is -0.368 e. The average Bonchev–Trinajstić information content (AvgIpc) is 1.67. The minimum atomic E-state index is -0.563. The van der Waals surface area contributed by atoms with Crippen molar-refractivity contribution in [2.24, 2.45) is 11.5 Å². The van der Waals surface area contributed by atoms with Gasteiger partial charge in [-0.3, -0.25) is 4.79 Å². The van der Waals surface area contributed by atoms with E-state index in [-0.39, 0.29) is 12.4 Å². The molecule has 9 heavy (non-hydrogen) atoms. The quantitative estimate of drug-likeness (QED) is 0.547. The van der Waals surface area contributed by atoms with Crippen LogP contribution in [0.5, 0.6) is 0 Å². The number of carbonyl (C=O) groups is 1. The zero-order chi connectivity index (χ0) is 6.57. The van der Waals surface area contributed by atoms with Gasteiger partial charge in [-0.25, -0.2) is 0 Å². The third-order valence-electron chi connectivity index (χ3n) is 0.786. The van der Waals surface area contributed by atoms with Gasteiger partial charge in [0.1, 0.15) is 0 Å². The predicted molar refractivity (Wildman–Crippen MR) is 39.2 cm³/mol. The highest BCUT2D eigenvalue weighted by molar-refractivity contribution is 5.85. The Morgan fingerprint density at radius 2 is 2.22 bits per heavy atom. The molecule has 0 spiro atoms. The van der Waals surface area contributed by atoms with Crippen LogP contribution in [-0.2, 0) is 4.79 Å². The lowest BCUT2D eigenvalue weighted by atomic mass is 10.2. The lowest BCUT2D eigenvalue weighted by molar-refractivity contribution is -0.119. The Labute approximate surface area is 60.5 Å². The molecule has 1 amide bonds. The second-order valence-corrected chi connectivity index (χ2v) is 1.53. The van der Waals surface area contributed by atoms with Crippen LogP contribution in [-0.4, -0.2) is 11.9 Å². The summed E-state index contributed by atoms with van der Waals surface area (Å²) in [6.45, 7) is 3.40. The molecule has 0 aromatic heterocycles. The van der Waals surface area contributed by atoms with E-state index in [1.54, 1.807) is 6.08 Å². The first-order valence-electron chi connectivity index (χ1n) is 2.34. The SMILES string of the molecule is C=CCC(N)C(N)=O.Cl. The van der Waals surface area contributed by atoms with Gasteiger partial charge >= 0.3 is 0 Å². The fourth-order valence-electron chi connectivity index (χ4n) is 0.296. The molecule has 0 bridgehead atoms. The summed E-state index contributed by atoms with van der Waals surface area (Å²) in [4.78, 5) is 10.1. The molecule has 0 fully saturated rings. The van der Waals surface area contributed by atoms with Crippen molar-refractivity contribution in [3.05, 3.63) is 12.7 Å². The maximum atomic E-state index is 10.1. The van der Waals surface area contributed by atoms with Crippen LogP contribution in [0.4, 0.5) is 0 Å². The summed E-state index contributed by atoms with van der Waals surface area (Å²) in [6.07, 6.45) is 2.02. The molecule has 1 atom stereocenters. The Kier molecular flexibility index (Phi) is 7.01. The Bertz CT molecular complexity index is 105. The Morgan fingerprint density at radius 3 is 2.33 bits per heavy atom. The smallest absolute Gasteiger partial charge is 0.234 e. The highest BCUT2D eigenvalue weighted by Crippen LogP contribution is 1.84. The highest BCUT2D eigenvalue weighted by Gasteiger charge is 2.04. The molecule has 54 valence electrons. The monoisotopic (exact) mass is 150 g/mol. The molecule has 4 heteroatoms. The lowest BCUT2D eigenvalue weighted by Crippen LogP contribution is -2.35. The van der Waals surface area contributed by atoms with Crippen molar-refractivity contribution in [1.82, 2.24) is 0 Å². The topological polar surface area (TPSA) is 69.1 Å². The van der Waals surface area contributed by atoms with Crippen molar-refractivity contribution in [1.29, 1.82) is 0 Å².